The lowest BCUT2D eigenvalue weighted by Gasteiger charge is -1.97. The minimum absolute atomic E-state index is 0.598. The summed E-state index contributed by atoms with van der Waals surface area (Å²) >= 11 is 0. The van der Waals surface area contributed by atoms with Crippen LogP contribution >= 0.6 is 0 Å². The minimum atomic E-state index is 0.598. The molecular weight excluding hydrogens is 366 g/mol. The first kappa shape index (κ1) is 24.4. The molecule has 3 aromatic rings. The topological polar surface area (TPSA) is 66.4 Å². The molecule has 0 aliphatic carbocycles. The number of aromatic nitrogens is 3. The second kappa shape index (κ2) is 17.4. The van der Waals surface area contributed by atoms with Gasteiger partial charge in [-0.1, -0.05) is 18.2 Å². The summed E-state index contributed by atoms with van der Waals surface area (Å²) in [5.41, 5.74) is 2.95. The van der Waals surface area contributed by atoms with Crippen molar-refractivity contribution in [2.75, 3.05) is 20.3 Å². The van der Waals surface area contributed by atoms with Gasteiger partial charge in [0.05, 0.1) is 36.9 Å². The molecule has 0 amide bonds. The van der Waals surface area contributed by atoms with Gasteiger partial charge in [-0.15, -0.1) is 0 Å². The van der Waals surface area contributed by atoms with Crippen molar-refractivity contribution in [3.05, 3.63) is 90.3 Å². The normalized spacial score (nSPS) is 9.62. The Morgan fingerprint density at radius 3 is 1.24 bits per heavy atom. The number of hydrogen-bond acceptors (Lipinski definition) is 6. The fourth-order valence-corrected chi connectivity index (χ4v) is 2.01. The highest BCUT2D eigenvalue weighted by atomic mass is 16.5. The van der Waals surface area contributed by atoms with Crippen molar-refractivity contribution in [1.29, 1.82) is 0 Å². The van der Waals surface area contributed by atoms with Crippen LogP contribution in [0.2, 0.25) is 0 Å². The third-order valence-corrected chi connectivity index (χ3v) is 3.38. The first-order valence-electron chi connectivity index (χ1n) is 9.64. The summed E-state index contributed by atoms with van der Waals surface area (Å²) in [5, 5.41) is 0. The van der Waals surface area contributed by atoms with Gasteiger partial charge in [-0.25, -0.2) is 0 Å². The minimum Gasteiger partial charge on any atom is -0.378 e. The number of ether oxygens (including phenoxy) is 3. The average molecular weight is 398 g/mol. The lowest BCUT2D eigenvalue weighted by molar-refractivity contribution is 0.131. The maximum Gasteiger partial charge on any atom is 0.0887 e. The Hall–Kier alpha value is -2.67. The highest BCUT2D eigenvalue weighted by Gasteiger charge is 1.89. The van der Waals surface area contributed by atoms with Crippen LogP contribution in [0.4, 0.5) is 0 Å². The van der Waals surface area contributed by atoms with Crippen LogP contribution in [0.15, 0.2) is 73.2 Å². The van der Waals surface area contributed by atoms with Gasteiger partial charge in [0.1, 0.15) is 0 Å². The van der Waals surface area contributed by atoms with Crippen molar-refractivity contribution in [2.24, 2.45) is 0 Å². The van der Waals surface area contributed by atoms with Gasteiger partial charge in [0.15, 0.2) is 0 Å². The number of hydrogen-bond donors (Lipinski definition) is 0. The summed E-state index contributed by atoms with van der Waals surface area (Å²) in [5.74, 6) is 0. The van der Waals surface area contributed by atoms with Crippen LogP contribution in [0.5, 0.6) is 0 Å². The maximum atomic E-state index is 5.16. The van der Waals surface area contributed by atoms with Crippen molar-refractivity contribution in [3.63, 3.8) is 0 Å². The molecule has 0 unspecified atom stereocenters. The third kappa shape index (κ3) is 13.2. The van der Waals surface area contributed by atoms with Gasteiger partial charge in [0.2, 0.25) is 0 Å². The lowest BCUT2D eigenvalue weighted by Crippen LogP contribution is -1.93. The summed E-state index contributed by atoms with van der Waals surface area (Å²) in [4.78, 5) is 12.2. The van der Waals surface area contributed by atoms with Crippen molar-refractivity contribution in [3.8, 4) is 0 Å². The largest absolute Gasteiger partial charge is 0.378 e. The van der Waals surface area contributed by atoms with E-state index in [-0.39, 0.29) is 0 Å². The van der Waals surface area contributed by atoms with Gasteiger partial charge in [-0.05, 0) is 50.2 Å². The third-order valence-electron chi connectivity index (χ3n) is 3.38. The van der Waals surface area contributed by atoms with Crippen LogP contribution in [0.1, 0.15) is 30.9 Å². The molecule has 0 saturated heterocycles. The molecule has 6 nitrogen and oxygen atoms in total. The van der Waals surface area contributed by atoms with Crippen molar-refractivity contribution in [1.82, 2.24) is 15.0 Å². The van der Waals surface area contributed by atoms with E-state index >= 15 is 0 Å². The summed E-state index contributed by atoms with van der Waals surface area (Å²) in [6, 6.07) is 17.4. The molecule has 0 radical (unpaired) electrons. The van der Waals surface area contributed by atoms with Gasteiger partial charge in [-0.3, -0.25) is 15.0 Å². The molecule has 29 heavy (non-hydrogen) atoms. The molecule has 156 valence electrons. The van der Waals surface area contributed by atoms with Gasteiger partial charge in [0, 0.05) is 38.9 Å². The van der Waals surface area contributed by atoms with Crippen molar-refractivity contribution in [2.45, 2.75) is 33.7 Å². The summed E-state index contributed by atoms with van der Waals surface area (Å²) in [7, 11) is 1.66. The first-order chi connectivity index (χ1) is 14.3. The molecule has 0 saturated carbocycles. The van der Waals surface area contributed by atoms with Crippen molar-refractivity contribution < 1.29 is 14.2 Å². The number of nitrogens with zero attached hydrogens (tertiary/aromatic N) is 3. The SMILES string of the molecule is CCOCc1ccccn1.CCOCc1ccccn1.COCc1ccccn1. The molecule has 3 heterocycles. The Kier molecular flexibility index (Phi) is 14.6. The Labute approximate surface area is 173 Å². The van der Waals surface area contributed by atoms with E-state index in [2.05, 4.69) is 15.0 Å². The molecule has 0 atom stereocenters. The predicted octanol–water partition coefficient (Wildman–Crippen LogP) is 4.46. The van der Waals surface area contributed by atoms with E-state index in [9.17, 15) is 0 Å². The van der Waals surface area contributed by atoms with E-state index in [0.717, 1.165) is 30.3 Å². The number of pyridine rings is 3. The quantitative estimate of drug-likeness (QED) is 0.559. The molecule has 0 aliphatic heterocycles. The van der Waals surface area contributed by atoms with Crippen LogP contribution in [-0.2, 0) is 34.0 Å². The Balaban J connectivity index is 0.000000218. The van der Waals surface area contributed by atoms with Crippen LogP contribution in [0.3, 0.4) is 0 Å². The monoisotopic (exact) mass is 397 g/mol. The van der Waals surface area contributed by atoms with E-state index in [0.29, 0.717) is 19.8 Å². The predicted molar refractivity (Wildman–Crippen MR) is 114 cm³/mol. The van der Waals surface area contributed by atoms with Crippen molar-refractivity contribution >= 4 is 0 Å². The molecule has 3 aromatic heterocycles. The second-order valence-electron chi connectivity index (χ2n) is 5.67. The zero-order chi connectivity index (χ0) is 21.0. The highest BCUT2D eigenvalue weighted by molar-refractivity contribution is 5.03. The van der Waals surface area contributed by atoms with E-state index in [4.69, 9.17) is 14.2 Å². The number of rotatable bonds is 8. The molecule has 0 bridgehead atoms. The van der Waals surface area contributed by atoms with Gasteiger partial charge >= 0.3 is 0 Å². The Bertz CT molecular complexity index is 670. The second-order valence-corrected chi connectivity index (χ2v) is 5.67. The Morgan fingerprint density at radius 1 is 0.586 bits per heavy atom. The molecule has 0 aliphatic rings. The molecule has 0 spiro atoms. The highest BCUT2D eigenvalue weighted by Crippen LogP contribution is 1.95. The molecule has 3 rings (SSSR count). The summed E-state index contributed by atoms with van der Waals surface area (Å²) in [6.45, 7) is 7.29. The maximum absolute atomic E-state index is 5.16. The molecule has 0 fully saturated rings. The van der Waals surface area contributed by atoms with Gasteiger partial charge in [0.25, 0.3) is 0 Å². The molecule has 0 N–H and O–H groups in total. The fourth-order valence-electron chi connectivity index (χ4n) is 2.01. The zero-order valence-corrected chi connectivity index (χ0v) is 17.5. The zero-order valence-electron chi connectivity index (χ0n) is 17.5. The summed E-state index contributed by atoms with van der Waals surface area (Å²) < 4.78 is 15.2. The van der Waals surface area contributed by atoms with Crippen LogP contribution in [-0.4, -0.2) is 35.3 Å². The molecule has 6 heteroatoms. The molecule has 0 aromatic carbocycles. The van der Waals surface area contributed by atoms with Crippen LogP contribution in [0, 0.1) is 0 Å². The van der Waals surface area contributed by atoms with E-state index in [1.165, 1.54) is 0 Å². The lowest BCUT2D eigenvalue weighted by atomic mass is 10.4. The summed E-state index contributed by atoms with van der Waals surface area (Å²) in [6.07, 6.45) is 5.30. The van der Waals surface area contributed by atoms with Gasteiger partial charge < -0.3 is 14.2 Å². The van der Waals surface area contributed by atoms with Gasteiger partial charge in [-0.2, -0.15) is 0 Å². The van der Waals surface area contributed by atoms with E-state index in [1.54, 1.807) is 25.7 Å². The fraction of sp³-hybridized carbons (Fsp3) is 0.348. The van der Waals surface area contributed by atoms with E-state index in [1.807, 2.05) is 68.4 Å². The number of methoxy groups -OCH3 is 1. The van der Waals surface area contributed by atoms with Crippen LogP contribution < -0.4 is 0 Å². The first-order valence-corrected chi connectivity index (χ1v) is 9.64. The Morgan fingerprint density at radius 2 is 0.966 bits per heavy atom. The van der Waals surface area contributed by atoms with Crippen LogP contribution in [0.25, 0.3) is 0 Å². The van der Waals surface area contributed by atoms with E-state index < -0.39 is 0 Å². The smallest absolute Gasteiger partial charge is 0.0887 e. The molecular formula is C23H31N3O3. The average Bonchev–Trinajstić information content (AvgIpc) is 2.79. The standard InChI is InChI=1S/2C8H11NO.C7H9NO/c2*1-2-10-7-8-5-3-4-6-9-8;1-9-6-7-4-2-3-5-8-7/h2*3-6H,2,7H2,1H3;2-5H,6H2,1H3.